The smallest absolute Gasteiger partial charge is 0.349 e. The highest BCUT2D eigenvalue weighted by atomic mass is 16.4. The number of fused-ring (bicyclic) bond motifs is 1. The molecule has 0 N–H and O–H groups in total. The van der Waals surface area contributed by atoms with Crippen LogP contribution in [0.2, 0.25) is 0 Å². The molecule has 4 rings (SSSR count). The Morgan fingerprint density at radius 2 is 1.48 bits per heavy atom. The van der Waals surface area contributed by atoms with E-state index >= 15 is 0 Å². The maximum absolute atomic E-state index is 13.5. The Labute approximate surface area is 181 Å². The van der Waals surface area contributed by atoms with Crippen LogP contribution in [0.15, 0.2) is 107 Å². The van der Waals surface area contributed by atoms with Gasteiger partial charge in [-0.25, -0.2) is 4.79 Å². The zero-order valence-electron chi connectivity index (χ0n) is 17.2. The van der Waals surface area contributed by atoms with Crippen molar-refractivity contribution in [1.82, 2.24) is 4.90 Å². The summed E-state index contributed by atoms with van der Waals surface area (Å²) in [5.74, 6) is -0.350. The number of carbonyl (C=O) groups is 1. The molecule has 0 aliphatic heterocycles. The van der Waals surface area contributed by atoms with E-state index in [1.807, 2.05) is 78.9 Å². The Balaban J connectivity index is 1.73. The predicted molar refractivity (Wildman–Crippen MR) is 123 cm³/mol. The van der Waals surface area contributed by atoms with E-state index in [-0.39, 0.29) is 11.5 Å². The van der Waals surface area contributed by atoms with Crippen molar-refractivity contribution < 1.29 is 9.21 Å². The van der Waals surface area contributed by atoms with Gasteiger partial charge in [0.2, 0.25) is 0 Å². The minimum Gasteiger partial charge on any atom is -0.422 e. The number of nitrogens with zero attached hydrogens (tertiary/aromatic N) is 1. The SMILES string of the molecule is C=CCc1cccc2cc(C(=O)N(Cc3ccccc3)Cc3ccccc3)c(=O)oc12. The maximum atomic E-state index is 13.5. The van der Waals surface area contributed by atoms with Gasteiger partial charge in [-0.1, -0.05) is 84.9 Å². The van der Waals surface area contributed by atoms with Gasteiger partial charge in [0.25, 0.3) is 5.91 Å². The van der Waals surface area contributed by atoms with E-state index in [9.17, 15) is 9.59 Å². The van der Waals surface area contributed by atoms with Crippen molar-refractivity contribution in [3.63, 3.8) is 0 Å². The number of hydrogen-bond donors (Lipinski definition) is 0. The van der Waals surface area contributed by atoms with Crippen LogP contribution in [0.1, 0.15) is 27.0 Å². The molecule has 0 aliphatic carbocycles. The summed E-state index contributed by atoms with van der Waals surface area (Å²) in [6.45, 7) is 4.54. The normalized spacial score (nSPS) is 10.7. The zero-order chi connectivity index (χ0) is 21.6. The number of allylic oxidation sites excluding steroid dienone is 1. The van der Waals surface area contributed by atoms with Crippen LogP contribution in [0.25, 0.3) is 11.0 Å². The molecule has 4 heteroatoms. The van der Waals surface area contributed by atoms with Crippen LogP contribution in [0, 0.1) is 0 Å². The minimum atomic E-state index is -0.625. The molecule has 0 bridgehead atoms. The quantitative estimate of drug-likeness (QED) is 0.305. The summed E-state index contributed by atoms with van der Waals surface area (Å²) in [6, 6.07) is 26.8. The monoisotopic (exact) mass is 409 g/mol. The van der Waals surface area contributed by atoms with Crippen LogP contribution in [0.5, 0.6) is 0 Å². The van der Waals surface area contributed by atoms with Gasteiger partial charge in [-0.3, -0.25) is 4.79 Å². The predicted octanol–water partition coefficient (Wildman–Crippen LogP) is 5.36. The average molecular weight is 409 g/mol. The Morgan fingerprint density at radius 1 is 0.871 bits per heavy atom. The number of benzene rings is 3. The molecule has 0 atom stereocenters. The second-order valence-corrected chi connectivity index (χ2v) is 7.41. The lowest BCUT2D eigenvalue weighted by Crippen LogP contribution is -2.33. The van der Waals surface area contributed by atoms with Gasteiger partial charge in [-0.15, -0.1) is 6.58 Å². The zero-order valence-corrected chi connectivity index (χ0v) is 17.2. The fourth-order valence-corrected chi connectivity index (χ4v) is 3.65. The third kappa shape index (κ3) is 4.64. The first-order chi connectivity index (χ1) is 15.2. The third-order valence-corrected chi connectivity index (χ3v) is 5.16. The van der Waals surface area contributed by atoms with E-state index in [2.05, 4.69) is 6.58 Å². The molecule has 0 unspecified atom stereocenters. The van der Waals surface area contributed by atoms with Crippen molar-refractivity contribution >= 4 is 16.9 Å². The van der Waals surface area contributed by atoms with E-state index in [0.717, 1.165) is 22.1 Å². The van der Waals surface area contributed by atoms with E-state index < -0.39 is 5.63 Å². The summed E-state index contributed by atoms with van der Waals surface area (Å²) >= 11 is 0. The van der Waals surface area contributed by atoms with Gasteiger partial charge < -0.3 is 9.32 Å². The molecule has 1 heterocycles. The summed E-state index contributed by atoms with van der Waals surface area (Å²) < 4.78 is 5.60. The van der Waals surface area contributed by atoms with Crippen molar-refractivity contribution in [3.8, 4) is 0 Å². The lowest BCUT2D eigenvalue weighted by molar-refractivity contribution is 0.0726. The number of para-hydroxylation sites is 1. The molecule has 4 aromatic rings. The summed E-state index contributed by atoms with van der Waals surface area (Å²) in [4.78, 5) is 28.0. The van der Waals surface area contributed by atoms with Gasteiger partial charge in [-0.05, 0) is 29.2 Å². The minimum absolute atomic E-state index is 0.0371. The standard InChI is InChI=1S/C27H23NO3/c1-2-10-22-15-9-16-23-17-24(27(30)31-25(22)23)26(29)28(18-20-11-5-3-6-12-20)19-21-13-7-4-8-14-21/h2-9,11-17H,1,10,18-19H2. The van der Waals surface area contributed by atoms with Crippen molar-refractivity contribution in [2.45, 2.75) is 19.5 Å². The molecule has 0 fully saturated rings. The van der Waals surface area contributed by atoms with E-state index in [0.29, 0.717) is 25.1 Å². The molecule has 154 valence electrons. The highest BCUT2D eigenvalue weighted by molar-refractivity contribution is 5.97. The Kier molecular flexibility index (Phi) is 6.08. The fraction of sp³-hybridized carbons (Fsp3) is 0.111. The highest BCUT2D eigenvalue weighted by Crippen LogP contribution is 2.21. The average Bonchev–Trinajstić information content (AvgIpc) is 2.80. The number of amides is 1. The fourth-order valence-electron chi connectivity index (χ4n) is 3.65. The molecule has 4 nitrogen and oxygen atoms in total. The Bertz CT molecular complexity index is 1220. The van der Waals surface area contributed by atoms with Crippen LogP contribution in [0.4, 0.5) is 0 Å². The topological polar surface area (TPSA) is 50.5 Å². The molecular weight excluding hydrogens is 386 g/mol. The highest BCUT2D eigenvalue weighted by Gasteiger charge is 2.22. The van der Waals surface area contributed by atoms with E-state index in [4.69, 9.17) is 4.42 Å². The Morgan fingerprint density at radius 3 is 2.06 bits per heavy atom. The number of rotatable bonds is 7. The van der Waals surface area contributed by atoms with Crippen molar-refractivity contribution in [1.29, 1.82) is 0 Å². The molecule has 1 aromatic heterocycles. The molecule has 0 aliphatic rings. The van der Waals surface area contributed by atoms with Crippen LogP contribution >= 0.6 is 0 Å². The number of carbonyl (C=O) groups excluding carboxylic acids is 1. The number of hydrogen-bond acceptors (Lipinski definition) is 3. The maximum Gasteiger partial charge on any atom is 0.349 e. The van der Waals surface area contributed by atoms with Gasteiger partial charge in [0.05, 0.1) is 0 Å². The van der Waals surface area contributed by atoms with Crippen LogP contribution in [0.3, 0.4) is 0 Å². The van der Waals surface area contributed by atoms with Crippen LogP contribution in [-0.2, 0) is 19.5 Å². The summed E-state index contributed by atoms with van der Waals surface area (Å²) in [5, 5.41) is 0.724. The summed E-state index contributed by atoms with van der Waals surface area (Å²) in [6.07, 6.45) is 2.34. The van der Waals surface area contributed by atoms with E-state index in [1.165, 1.54) is 0 Å². The molecule has 0 saturated carbocycles. The van der Waals surface area contributed by atoms with Gasteiger partial charge in [0, 0.05) is 18.5 Å². The van der Waals surface area contributed by atoms with Crippen molar-refractivity contribution in [3.05, 3.63) is 130 Å². The third-order valence-electron chi connectivity index (χ3n) is 5.16. The van der Waals surface area contributed by atoms with Gasteiger partial charge >= 0.3 is 5.63 Å². The molecule has 31 heavy (non-hydrogen) atoms. The summed E-state index contributed by atoms with van der Waals surface area (Å²) in [5.41, 5.74) is 2.77. The first-order valence-electron chi connectivity index (χ1n) is 10.2. The second-order valence-electron chi connectivity index (χ2n) is 7.41. The van der Waals surface area contributed by atoms with Crippen molar-refractivity contribution in [2.24, 2.45) is 0 Å². The molecule has 1 amide bonds. The van der Waals surface area contributed by atoms with E-state index in [1.54, 1.807) is 17.0 Å². The molecular formula is C27H23NO3. The van der Waals surface area contributed by atoms with Gasteiger partial charge in [0.1, 0.15) is 11.1 Å². The molecule has 0 spiro atoms. The molecule has 3 aromatic carbocycles. The first kappa shape index (κ1) is 20.4. The van der Waals surface area contributed by atoms with Crippen LogP contribution in [-0.4, -0.2) is 10.8 Å². The summed E-state index contributed by atoms with van der Waals surface area (Å²) in [7, 11) is 0. The first-order valence-corrected chi connectivity index (χ1v) is 10.2. The second kappa shape index (κ2) is 9.26. The Hall–Kier alpha value is -3.92. The van der Waals surface area contributed by atoms with Gasteiger partial charge in [-0.2, -0.15) is 0 Å². The largest absolute Gasteiger partial charge is 0.422 e. The lowest BCUT2D eigenvalue weighted by atomic mass is 10.1. The molecule has 0 saturated heterocycles. The van der Waals surface area contributed by atoms with Gasteiger partial charge in [0.15, 0.2) is 0 Å². The van der Waals surface area contributed by atoms with Crippen molar-refractivity contribution in [2.75, 3.05) is 0 Å². The lowest BCUT2D eigenvalue weighted by Gasteiger charge is -2.23. The molecule has 0 radical (unpaired) electrons. The van der Waals surface area contributed by atoms with Crippen LogP contribution < -0.4 is 5.63 Å².